The van der Waals surface area contributed by atoms with Crippen molar-refractivity contribution in [3.8, 4) is 0 Å². The number of benzene rings is 2. The molecule has 0 saturated heterocycles. The molecule has 1 aliphatic rings. The zero-order valence-corrected chi connectivity index (χ0v) is 16.7. The highest BCUT2D eigenvalue weighted by Crippen LogP contribution is 2.35. The van der Waals surface area contributed by atoms with Gasteiger partial charge < -0.3 is 5.32 Å². The predicted octanol–water partition coefficient (Wildman–Crippen LogP) is 4.14. The van der Waals surface area contributed by atoms with Crippen molar-refractivity contribution in [2.75, 3.05) is 11.4 Å². The van der Waals surface area contributed by atoms with E-state index >= 15 is 0 Å². The fraction of sp³-hybridized carbons (Fsp3) is 0.348. The molecule has 0 atom stereocenters. The number of carbonyl (C=O) groups is 3. The van der Waals surface area contributed by atoms with E-state index in [4.69, 9.17) is 0 Å². The van der Waals surface area contributed by atoms with Gasteiger partial charge in [0.15, 0.2) is 0 Å². The van der Waals surface area contributed by atoms with Gasteiger partial charge in [-0.25, -0.2) is 4.90 Å². The summed E-state index contributed by atoms with van der Waals surface area (Å²) in [6, 6.07) is 10.7. The summed E-state index contributed by atoms with van der Waals surface area (Å²) >= 11 is 0. The first kappa shape index (κ1) is 19.8. The maximum absolute atomic E-state index is 13.3. The topological polar surface area (TPSA) is 66.5 Å². The Hall–Kier alpha value is -2.95. The number of aryl methyl sites for hydroxylation is 2. The smallest absolute Gasteiger partial charge is 0.266 e. The highest BCUT2D eigenvalue weighted by Gasteiger charge is 2.40. The van der Waals surface area contributed by atoms with Crippen LogP contribution in [-0.2, 0) is 12.8 Å². The normalized spacial score (nSPS) is 13.0. The van der Waals surface area contributed by atoms with Crippen LogP contribution in [0.4, 0.5) is 5.69 Å². The summed E-state index contributed by atoms with van der Waals surface area (Å²) in [5.41, 5.74) is 3.32. The van der Waals surface area contributed by atoms with Crippen LogP contribution < -0.4 is 10.2 Å². The molecule has 2 aromatic rings. The fourth-order valence-electron chi connectivity index (χ4n) is 3.65. The van der Waals surface area contributed by atoms with Gasteiger partial charge in [0.05, 0.1) is 22.4 Å². The molecule has 0 aromatic heterocycles. The van der Waals surface area contributed by atoms with E-state index in [1.54, 1.807) is 18.2 Å². The number of amides is 3. The SMILES string of the molecule is CCCCNC(=O)c1cccc2c1C(=O)N(c1c(CC)cccc1CC)C2=O. The first-order valence-corrected chi connectivity index (χ1v) is 9.95. The molecular formula is C23H26N2O3. The Morgan fingerprint density at radius 1 is 0.929 bits per heavy atom. The Balaban J connectivity index is 2.06. The summed E-state index contributed by atoms with van der Waals surface area (Å²) in [5, 5.41) is 2.84. The first-order chi connectivity index (χ1) is 13.5. The minimum atomic E-state index is -0.420. The van der Waals surface area contributed by atoms with Gasteiger partial charge in [0.2, 0.25) is 0 Å². The third-order valence-electron chi connectivity index (χ3n) is 5.16. The molecule has 0 radical (unpaired) electrons. The number of nitrogens with zero attached hydrogens (tertiary/aromatic N) is 1. The highest BCUT2D eigenvalue weighted by molar-refractivity contribution is 6.36. The number of carbonyl (C=O) groups excluding carboxylic acids is 3. The van der Waals surface area contributed by atoms with E-state index in [1.165, 1.54) is 4.90 Å². The number of hydrogen-bond acceptors (Lipinski definition) is 3. The highest BCUT2D eigenvalue weighted by atomic mass is 16.2. The molecule has 0 saturated carbocycles. The molecule has 1 heterocycles. The quantitative estimate of drug-likeness (QED) is 0.582. The summed E-state index contributed by atoms with van der Waals surface area (Å²) in [6.45, 7) is 6.60. The van der Waals surface area contributed by atoms with Crippen LogP contribution in [0.1, 0.15) is 75.8 Å². The van der Waals surface area contributed by atoms with Gasteiger partial charge in [0.1, 0.15) is 0 Å². The van der Waals surface area contributed by atoms with E-state index < -0.39 is 5.91 Å². The van der Waals surface area contributed by atoms with E-state index in [9.17, 15) is 14.4 Å². The van der Waals surface area contributed by atoms with Crippen LogP contribution in [0, 0.1) is 0 Å². The largest absolute Gasteiger partial charge is 0.352 e. The van der Waals surface area contributed by atoms with Crippen LogP contribution in [0.25, 0.3) is 0 Å². The first-order valence-electron chi connectivity index (χ1n) is 9.95. The number of rotatable bonds is 7. The van der Waals surface area contributed by atoms with E-state index in [0.29, 0.717) is 30.6 Å². The van der Waals surface area contributed by atoms with Crippen molar-refractivity contribution in [3.63, 3.8) is 0 Å². The molecule has 5 heteroatoms. The van der Waals surface area contributed by atoms with Crippen LogP contribution in [0.3, 0.4) is 0 Å². The fourth-order valence-corrected chi connectivity index (χ4v) is 3.65. The lowest BCUT2D eigenvalue weighted by molar-refractivity contribution is 0.0910. The molecule has 0 spiro atoms. The monoisotopic (exact) mass is 378 g/mol. The molecular weight excluding hydrogens is 352 g/mol. The summed E-state index contributed by atoms with van der Waals surface area (Å²) < 4.78 is 0. The second-order valence-corrected chi connectivity index (χ2v) is 6.92. The zero-order valence-electron chi connectivity index (χ0n) is 16.7. The number of unbranched alkanes of at least 4 members (excludes halogenated alkanes) is 1. The standard InChI is InChI=1S/C23H26N2O3/c1-4-7-14-24-21(26)17-12-9-13-18-19(17)23(28)25(22(18)27)20-15(5-2)10-8-11-16(20)6-3/h8-13H,4-7,14H2,1-3H3,(H,24,26). The Morgan fingerprint density at radius 2 is 1.57 bits per heavy atom. The van der Waals surface area contributed by atoms with Gasteiger partial charge in [-0.3, -0.25) is 14.4 Å². The van der Waals surface area contributed by atoms with Crippen molar-refractivity contribution in [2.24, 2.45) is 0 Å². The van der Waals surface area contributed by atoms with E-state index in [1.807, 2.05) is 39.0 Å². The van der Waals surface area contributed by atoms with Crippen LogP contribution in [-0.4, -0.2) is 24.3 Å². The van der Waals surface area contributed by atoms with Crippen molar-refractivity contribution in [1.29, 1.82) is 0 Å². The minimum Gasteiger partial charge on any atom is -0.352 e. The van der Waals surface area contributed by atoms with Gasteiger partial charge >= 0.3 is 0 Å². The number of imide groups is 1. The Labute approximate surface area is 165 Å². The molecule has 1 aliphatic heterocycles. The zero-order chi connectivity index (χ0) is 20.3. The molecule has 0 bridgehead atoms. The average Bonchev–Trinajstić information content (AvgIpc) is 2.97. The number of nitrogens with one attached hydrogen (secondary N) is 1. The lowest BCUT2D eigenvalue weighted by Crippen LogP contribution is -2.32. The summed E-state index contributed by atoms with van der Waals surface area (Å²) in [4.78, 5) is 40.4. The average molecular weight is 378 g/mol. The summed E-state index contributed by atoms with van der Waals surface area (Å²) in [5.74, 6) is -1.09. The molecule has 0 unspecified atom stereocenters. The van der Waals surface area contributed by atoms with Crippen LogP contribution in [0.15, 0.2) is 36.4 Å². The van der Waals surface area contributed by atoms with Gasteiger partial charge in [-0.15, -0.1) is 0 Å². The van der Waals surface area contributed by atoms with E-state index in [0.717, 1.165) is 24.0 Å². The van der Waals surface area contributed by atoms with Crippen molar-refractivity contribution in [1.82, 2.24) is 5.32 Å². The van der Waals surface area contributed by atoms with E-state index in [-0.39, 0.29) is 22.9 Å². The molecule has 2 aromatic carbocycles. The van der Waals surface area contributed by atoms with Gasteiger partial charge in [0, 0.05) is 6.54 Å². The van der Waals surface area contributed by atoms with E-state index in [2.05, 4.69) is 5.32 Å². The van der Waals surface area contributed by atoms with Gasteiger partial charge in [-0.05, 0) is 42.5 Å². The third kappa shape index (κ3) is 3.33. The van der Waals surface area contributed by atoms with Crippen molar-refractivity contribution in [2.45, 2.75) is 46.5 Å². The van der Waals surface area contributed by atoms with Crippen LogP contribution in [0.2, 0.25) is 0 Å². The number of anilines is 1. The molecule has 1 N–H and O–H groups in total. The number of fused-ring (bicyclic) bond motifs is 1. The maximum atomic E-state index is 13.3. The molecule has 5 nitrogen and oxygen atoms in total. The predicted molar refractivity (Wildman–Crippen MR) is 110 cm³/mol. The molecule has 0 fully saturated rings. The second-order valence-electron chi connectivity index (χ2n) is 6.92. The Kier molecular flexibility index (Phi) is 5.93. The van der Waals surface area contributed by atoms with Crippen molar-refractivity contribution in [3.05, 3.63) is 64.2 Å². The summed E-state index contributed by atoms with van der Waals surface area (Å²) in [6.07, 6.45) is 3.25. The summed E-state index contributed by atoms with van der Waals surface area (Å²) in [7, 11) is 0. The van der Waals surface area contributed by atoms with Gasteiger partial charge in [0.25, 0.3) is 17.7 Å². The molecule has 0 aliphatic carbocycles. The minimum absolute atomic E-state index is 0.203. The van der Waals surface area contributed by atoms with Crippen molar-refractivity contribution < 1.29 is 14.4 Å². The van der Waals surface area contributed by atoms with Gasteiger partial charge in [-0.1, -0.05) is 51.5 Å². The second kappa shape index (κ2) is 8.38. The van der Waals surface area contributed by atoms with Crippen molar-refractivity contribution >= 4 is 23.4 Å². The van der Waals surface area contributed by atoms with Crippen LogP contribution >= 0.6 is 0 Å². The Morgan fingerprint density at radius 3 is 2.18 bits per heavy atom. The molecule has 3 amide bonds. The maximum Gasteiger partial charge on any atom is 0.266 e. The van der Waals surface area contributed by atoms with Crippen LogP contribution in [0.5, 0.6) is 0 Å². The van der Waals surface area contributed by atoms with Gasteiger partial charge in [-0.2, -0.15) is 0 Å². The molecule has 28 heavy (non-hydrogen) atoms. The molecule has 146 valence electrons. The Bertz CT molecular complexity index is 911. The molecule has 3 rings (SSSR count). The number of para-hydroxylation sites is 1. The lowest BCUT2D eigenvalue weighted by atomic mass is 10.0. The third-order valence-corrected chi connectivity index (χ3v) is 5.16. The number of hydrogen-bond donors (Lipinski definition) is 1. The lowest BCUT2D eigenvalue weighted by Gasteiger charge is -2.21.